The van der Waals surface area contributed by atoms with Gasteiger partial charge in [-0.25, -0.2) is 4.39 Å². The Labute approximate surface area is 94.3 Å². The van der Waals surface area contributed by atoms with Gasteiger partial charge in [0, 0.05) is 0 Å². The number of hydrogen-bond acceptors (Lipinski definition) is 3. The smallest absolute Gasteiger partial charge is 0.110 e. The number of nitrogens with zero attached hydrogens (tertiary/aromatic N) is 1. The zero-order valence-corrected chi connectivity index (χ0v) is 8.99. The van der Waals surface area contributed by atoms with Crippen LogP contribution in [0.15, 0.2) is 24.3 Å². The van der Waals surface area contributed by atoms with Gasteiger partial charge in [0.2, 0.25) is 0 Å². The number of benzene rings is 1. The summed E-state index contributed by atoms with van der Waals surface area (Å²) in [6.07, 6.45) is 0.971. The average Bonchev–Trinajstić information content (AvgIpc) is 2.36. The van der Waals surface area contributed by atoms with Gasteiger partial charge in [-0.2, -0.15) is 5.26 Å². The summed E-state index contributed by atoms with van der Waals surface area (Å²) in [5, 5.41) is 17.5. The molecule has 4 heteroatoms. The van der Waals surface area contributed by atoms with Crippen LogP contribution < -0.4 is 5.73 Å². The summed E-state index contributed by atoms with van der Waals surface area (Å²) < 4.78 is 12.5. The molecule has 0 fully saturated rings. The first kappa shape index (κ1) is 12.6. The standard InChI is InChI=1S/C12H15FN2O/c13-8-12(15,9-16)6-5-10-1-3-11(7-14)4-2-10/h1-4,16H,5-6,8-9,15H2. The number of aliphatic hydroxyl groups is 1. The van der Waals surface area contributed by atoms with Crippen LogP contribution in [0.2, 0.25) is 0 Å². The molecule has 0 aliphatic heterocycles. The van der Waals surface area contributed by atoms with Gasteiger partial charge in [0.25, 0.3) is 0 Å². The zero-order chi connectivity index (χ0) is 12.0. The highest BCUT2D eigenvalue weighted by Crippen LogP contribution is 2.13. The Morgan fingerprint density at radius 3 is 2.44 bits per heavy atom. The average molecular weight is 222 g/mol. The van der Waals surface area contributed by atoms with Crippen molar-refractivity contribution in [2.45, 2.75) is 18.4 Å². The quantitative estimate of drug-likeness (QED) is 0.785. The molecule has 16 heavy (non-hydrogen) atoms. The van der Waals surface area contributed by atoms with Crippen LogP contribution >= 0.6 is 0 Å². The molecule has 1 rings (SSSR count). The van der Waals surface area contributed by atoms with Gasteiger partial charge in [0.1, 0.15) is 6.67 Å². The minimum absolute atomic E-state index is 0.361. The van der Waals surface area contributed by atoms with Gasteiger partial charge in [-0.1, -0.05) is 12.1 Å². The van der Waals surface area contributed by atoms with E-state index in [1.165, 1.54) is 0 Å². The van der Waals surface area contributed by atoms with Crippen LogP contribution in [0.25, 0.3) is 0 Å². The molecule has 0 spiro atoms. The third kappa shape index (κ3) is 3.30. The maximum Gasteiger partial charge on any atom is 0.110 e. The molecular formula is C12H15FN2O. The van der Waals surface area contributed by atoms with Gasteiger partial charge in [0.15, 0.2) is 0 Å². The van der Waals surface area contributed by atoms with Crippen LogP contribution in [-0.4, -0.2) is 23.9 Å². The fourth-order valence-corrected chi connectivity index (χ4v) is 1.33. The molecule has 0 saturated heterocycles. The third-order valence-electron chi connectivity index (χ3n) is 2.58. The number of halogens is 1. The molecule has 0 amide bonds. The first-order valence-corrected chi connectivity index (χ1v) is 5.08. The van der Waals surface area contributed by atoms with Crippen molar-refractivity contribution in [3.8, 4) is 6.07 Å². The number of nitriles is 1. The van der Waals surface area contributed by atoms with Crippen LogP contribution in [0.4, 0.5) is 4.39 Å². The molecule has 1 aromatic carbocycles. The Morgan fingerprint density at radius 2 is 2.00 bits per heavy atom. The number of hydrogen-bond donors (Lipinski definition) is 2. The molecule has 1 atom stereocenters. The second-order valence-electron chi connectivity index (χ2n) is 3.96. The molecule has 0 aliphatic carbocycles. The summed E-state index contributed by atoms with van der Waals surface area (Å²) in [5.74, 6) is 0. The zero-order valence-electron chi connectivity index (χ0n) is 8.99. The molecule has 0 aromatic heterocycles. The van der Waals surface area contributed by atoms with Crippen LogP contribution in [0.1, 0.15) is 17.5 Å². The van der Waals surface area contributed by atoms with Crippen molar-refractivity contribution in [3.05, 3.63) is 35.4 Å². The van der Waals surface area contributed by atoms with Crippen molar-refractivity contribution in [1.82, 2.24) is 0 Å². The Kier molecular flexibility index (Phi) is 4.41. The van der Waals surface area contributed by atoms with Crippen molar-refractivity contribution in [3.63, 3.8) is 0 Å². The van der Waals surface area contributed by atoms with E-state index in [0.29, 0.717) is 18.4 Å². The van der Waals surface area contributed by atoms with Crippen molar-refractivity contribution in [2.24, 2.45) is 5.73 Å². The van der Waals surface area contributed by atoms with Crippen LogP contribution in [-0.2, 0) is 6.42 Å². The maximum absolute atomic E-state index is 12.5. The molecular weight excluding hydrogens is 207 g/mol. The molecule has 86 valence electrons. The monoisotopic (exact) mass is 222 g/mol. The van der Waals surface area contributed by atoms with Crippen molar-refractivity contribution < 1.29 is 9.50 Å². The first-order chi connectivity index (χ1) is 7.63. The predicted octanol–water partition coefficient (Wildman–Crippen LogP) is 1.15. The number of aryl methyl sites for hydroxylation is 1. The second kappa shape index (κ2) is 5.59. The van der Waals surface area contributed by atoms with Crippen molar-refractivity contribution in [1.29, 1.82) is 5.26 Å². The van der Waals surface area contributed by atoms with E-state index in [2.05, 4.69) is 0 Å². The van der Waals surface area contributed by atoms with E-state index in [0.717, 1.165) is 5.56 Å². The predicted molar refractivity (Wildman–Crippen MR) is 59.5 cm³/mol. The molecule has 1 aromatic rings. The Balaban J connectivity index is 2.58. The van der Waals surface area contributed by atoms with Crippen LogP contribution in [0.5, 0.6) is 0 Å². The van der Waals surface area contributed by atoms with E-state index in [-0.39, 0.29) is 6.61 Å². The minimum atomic E-state index is -1.14. The summed E-state index contributed by atoms with van der Waals surface area (Å²) in [5.41, 5.74) is 6.05. The van der Waals surface area contributed by atoms with Gasteiger partial charge in [-0.05, 0) is 30.5 Å². The highest BCUT2D eigenvalue weighted by Gasteiger charge is 2.23. The van der Waals surface area contributed by atoms with Gasteiger partial charge in [0.05, 0.1) is 23.8 Å². The summed E-state index contributed by atoms with van der Waals surface area (Å²) in [6.45, 7) is -1.10. The van der Waals surface area contributed by atoms with E-state index in [4.69, 9.17) is 16.1 Å². The lowest BCUT2D eigenvalue weighted by Crippen LogP contribution is -2.46. The van der Waals surface area contributed by atoms with E-state index in [1.807, 2.05) is 18.2 Å². The summed E-state index contributed by atoms with van der Waals surface area (Å²) in [6, 6.07) is 9.07. The first-order valence-electron chi connectivity index (χ1n) is 5.08. The van der Waals surface area contributed by atoms with Gasteiger partial charge >= 0.3 is 0 Å². The number of aliphatic hydroxyl groups excluding tert-OH is 1. The molecule has 0 saturated carbocycles. The fraction of sp³-hybridized carbons (Fsp3) is 0.417. The van der Waals surface area contributed by atoms with Gasteiger partial charge in [-0.3, -0.25) is 0 Å². The molecule has 0 aliphatic rings. The number of rotatable bonds is 5. The summed E-state index contributed by atoms with van der Waals surface area (Å²) in [4.78, 5) is 0. The molecule has 3 N–H and O–H groups in total. The third-order valence-corrected chi connectivity index (χ3v) is 2.58. The summed E-state index contributed by atoms with van der Waals surface area (Å²) in [7, 11) is 0. The highest BCUT2D eigenvalue weighted by atomic mass is 19.1. The SMILES string of the molecule is N#Cc1ccc(CCC(N)(CO)CF)cc1. The molecule has 3 nitrogen and oxygen atoms in total. The molecule has 0 heterocycles. The largest absolute Gasteiger partial charge is 0.394 e. The lowest BCUT2D eigenvalue weighted by molar-refractivity contribution is 0.157. The molecule has 0 radical (unpaired) electrons. The topological polar surface area (TPSA) is 70.0 Å². The lowest BCUT2D eigenvalue weighted by atomic mass is 9.94. The van der Waals surface area contributed by atoms with E-state index in [1.54, 1.807) is 12.1 Å². The van der Waals surface area contributed by atoms with E-state index >= 15 is 0 Å². The minimum Gasteiger partial charge on any atom is -0.394 e. The molecule has 0 bridgehead atoms. The highest BCUT2D eigenvalue weighted by molar-refractivity contribution is 5.31. The fourth-order valence-electron chi connectivity index (χ4n) is 1.33. The maximum atomic E-state index is 12.5. The van der Waals surface area contributed by atoms with E-state index in [9.17, 15) is 4.39 Å². The number of nitrogens with two attached hydrogens (primary N) is 1. The van der Waals surface area contributed by atoms with Crippen LogP contribution in [0.3, 0.4) is 0 Å². The van der Waals surface area contributed by atoms with Gasteiger partial charge < -0.3 is 10.8 Å². The lowest BCUT2D eigenvalue weighted by Gasteiger charge is -2.23. The van der Waals surface area contributed by atoms with Crippen molar-refractivity contribution in [2.75, 3.05) is 13.3 Å². The normalized spacial score (nSPS) is 14.1. The summed E-state index contributed by atoms with van der Waals surface area (Å²) >= 11 is 0. The molecule has 1 unspecified atom stereocenters. The number of alkyl halides is 1. The van der Waals surface area contributed by atoms with Gasteiger partial charge in [-0.15, -0.1) is 0 Å². The Morgan fingerprint density at radius 1 is 1.38 bits per heavy atom. The van der Waals surface area contributed by atoms with E-state index < -0.39 is 12.2 Å². The van der Waals surface area contributed by atoms with Crippen LogP contribution in [0, 0.1) is 11.3 Å². The second-order valence-corrected chi connectivity index (χ2v) is 3.96. The Hall–Kier alpha value is -1.44. The van der Waals surface area contributed by atoms with Crippen molar-refractivity contribution >= 4 is 0 Å². The Bertz CT molecular complexity index is 366.